The number of hydrogen-bond donors (Lipinski definition) is 2. The topological polar surface area (TPSA) is 80.7 Å². The zero-order valence-corrected chi connectivity index (χ0v) is 14.1. The van der Waals surface area contributed by atoms with Crippen molar-refractivity contribution in [2.45, 2.75) is 18.1 Å². The number of carbonyl (C=O) groups excluding carboxylic acids is 1. The van der Waals surface area contributed by atoms with E-state index in [9.17, 15) is 23.1 Å². The number of carbonyl (C=O) groups is 1. The SMILES string of the molecule is O=C(NC1(CO)CCOC1)c1ccc(Oc2ccc(C(F)(F)F)cn2)cc1. The van der Waals surface area contributed by atoms with Crippen LogP contribution in [0.3, 0.4) is 0 Å². The van der Waals surface area contributed by atoms with Gasteiger partial charge < -0.3 is 19.9 Å². The number of halogens is 3. The largest absolute Gasteiger partial charge is 0.439 e. The molecule has 144 valence electrons. The number of aromatic nitrogens is 1. The number of hydrogen-bond acceptors (Lipinski definition) is 5. The Labute approximate surface area is 152 Å². The van der Waals surface area contributed by atoms with Crippen molar-refractivity contribution in [1.82, 2.24) is 10.3 Å². The molecule has 27 heavy (non-hydrogen) atoms. The second-order valence-electron chi connectivity index (χ2n) is 6.20. The molecule has 1 amide bonds. The molecule has 1 aromatic carbocycles. The molecule has 1 atom stereocenters. The fourth-order valence-corrected chi connectivity index (χ4v) is 2.59. The van der Waals surface area contributed by atoms with Crippen LogP contribution in [0.5, 0.6) is 11.6 Å². The number of nitrogens with zero attached hydrogens (tertiary/aromatic N) is 1. The van der Waals surface area contributed by atoms with E-state index in [2.05, 4.69) is 10.3 Å². The summed E-state index contributed by atoms with van der Waals surface area (Å²) in [5.41, 5.74) is -1.30. The first kappa shape index (κ1) is 19.1. The molecule has 1 aliphatic rings. The van der Waals surface area contributed by atoms with Crippen LogP contribution in [0, 0.1) is 0 Å². The van der Waals surface area contributed by atoms with Crippen molar-refractivity contribution in [2.24, 2.45) is 0 Å². The van der Waals surface area contributed by atoms with Crippen LogP contribution in [0.2, 0.25) is 0 Å². The molecule has 0 bridgehead atoms. The molecule has 1 aromatic heterocycles. The second-order valence-corrected chi connectivity index (χ2v) is 6.20. The van der Waals surface area contributed by atoms with Crippen LogP contribution in [0.15, 0.2) is 42.6 Å². The highest BCUT2D eigenvalue weighted by Gasteiger charge is 2.36. The first-order valence-corrected chi connectivity index (χ1v) is 8.14. The van der Waals surface area contributed by atoms with Crippen LogP contribution in [0.25, 0.3) is 0 Å². The maximum Gasteiger partial charge on any atom is 0.417 e. The molecule has 3 rings (SSSR count). The maximum atomic E-state index is 12.5. The number of aliphatic hydroxyl groups excluding tert-OH is 1. The van der Waals surface area contributed by atoms with Crippen LogP contribution in [-0.4, -0.2) is 41.4 Å². The summed E-state index contributed by atoms with van der Waals surface area (Å²) in [6.07, 6.45) is -3.25. The highest BCUT2D eigenvalue weighted by molar-refractivity contribution is 5.94. The number of alkyl halides is 3. The van der Waals surface area contributed by atoms with Crippen LogP contribution < -0.4 is 10.1 Å². The fourth-order valence-electron chi connectivity index (χ4n) is 2.59. The molecule has 1 saturated heterocycles. The minimum atomic E-state index is -4.46. The Balaban J connectivity index is 1.64. The number of amides is 1. The van der Waals surface area contributed by atoms with Crippen molar-refractivity contribution < 1.29 is 32.5 Å². The van der Waals surface area contributed by atoms with E-state index in [1.54, 1.807) is 0 Å². The standard InChI is InChI=1S/C18H17F3N2O4/c19-18(20,21)13-3-6-15(22-9-13)27-14-4-1-12(2-5-14)16(25)23-17(10-24)7-8-26-11-17/h1-6,9,24H,7-8,10-11H2,(H,23,25). The van der Waals surface area contributed by atoms with Gasteiger partial charge in [0, 0.05) is 24.4 Å². The fraction of sp³-hybridized carbons (Fsp3) is 0.333. The molecule has 0 spiro atoms. The Morgan fingerprint density at radius 3 is 2.52 bits per heavy atom. The second kappa shape index (κ2) is 7.53. The van der Waals surface area contributed by atoms with Crippen molar-refractivity contribution >= 4 is 5.91 Å². The van der Waals surface area contributed by atoms with E-state index in [0.29, 0.717) is 30.5 Å². The van der Waals surface area contributed by atoms with Crippen LogP contribution in [0.4, 0.5) is 13.2 Å². The first-order valence-electron chi connectivity index (χ1n) is 8.14. The lowest BCUT2D eigenvalue weighted by molar-refractivity contribution is -0.137. The highest BCUT2D eigenvalue weighted by Crippen LogP contribution is 2.30. The molecule has 1 fully saturated rings. The summed E-state index contributed by atoms with van der Waals surface area (Å²) in [6.45, 7) is 0.489. The predicted molar refractivity (Wildman–Crippen MR) is 88.5 cm³/mol. The minimum Gasteiger partial charge on any atom is -0.439 e. The van der Waals surface area contributed by atoms with E-state index in [0.717, 1.165) is 12.1 Å². The van der Waals surface area contributed by atoms with Gasteiger partial charge in [0.2, 0.25) is 5.88 Å². The number of rotatable bonds is 5. The molecule has 2 aromatic rings. The summed E-state index contributed by atoms with van der Waals surface area (Å²) >= 11 is 0. The third-order valence-corrected chi connectivity index (χ3v) is 4.19. The van der Waals surface area contributed by atoms with Gasteiger partial charge in [0.15, 0.2) is 0 Å². The molecule has 0 radical (unpaired) electrons. The van der Waals surface area contributed by atoms with Gasteiger partial charge in [-0.05, 0) is 36.8 Å². The molecule has 6 nitrogen and oxygen atoms in total. The molecule has 1 aliphatic heterocycles. The summed E-state index contributed by atoms with van der Waals surface area (Å²) in [5, 5.41) is 12.3. The maximum absolute atomic E-state index is 12.5. The van der Waals surface area contributed by atoms with Gasteiger partial charge in [0.25, 0.3) is 5.91 Å². The lowest BCUT2D eigenvalue weighted by atomic mass is 9.99. The van der Waals surface area contributed by atoms with Crippen LogP contribution in [0.1, 0.15) is 22.3 Å². The molecule has 1 unspecified atom stereocenters. The molecular weight excluding hydrogens is 365 g/mol. The summed E-state index contributed by atoms with van der Waals surface area (Å²) in [4.78, 5) is 16.0. The smallest absolute Gasteiger partial charge is 0.417 e. The number of nitrogens with one attached hydrogen (secondary N) is 1. The lowest BCUT2D eigenvalue weighted by Crippen LogP contribution is -2.51. The Morgan fingerprint density at radius 2 is 2.00 bits per heavy atom. The summed E-state index contributed by atoms with van der Waals surface area (Å²) in [5.74, 6) is -0.0452. The van der Waals surface area contributed by atoms with Gasteiger partial charge in [-0.1, -0.05) is 0 Å². The predicted octanol–water partition coefficient (Wildman–Crippen LogP) is 2.77. The third kappa shape index (κ3) is 4.55. The van der Waals surface area contributed by atoms with Crippen molar-refractivity contribution in [2.75, 3.05) is 19.8 Å². The monoisotopic (exact) mass is 382 g/mol. The minimum absolute atomic E-state index is 0.00235. The molecule has 0 saturated carbocycles. The summed E-state index contributed by atoms with van der Waals surface area (Å²) in [6, 6.07) is 8.03. The summed E-state index contributed by atoms with van der Waals surface area (Å²) < 4.78 is 48.2. The number of benzene rings is 1. The third-order valence-electron chi connectivity index (χ3n) is 4.19. The van der Waals surface area contributed by atoms with Gasteiger partial charge in [0.1, 0.15) is 5.75 Å². The molecule has 2 heterocycles. The Bertz CT molecular complexity index is 786. The average Bonchev–Trinajstić information content (AvgIpc) is 3.11. The first-order chi connectivity index (χ1) is 12.8. The zero-order valence-electron chi connectivity index (χ0n) is 14.1. The lowest BCUT2D eigenvalue weighted by Gasteiger charge is -2.26. The van der Waals surface area contributed by atoms with Gasteiger partial charge in [-0.2, -0.15) is 13.2 Å². The Hall–Kier alpha value is -2.65. The number of pyridine rings is 1. The Kier molecular flexibility index (Phi) is 5.33. The number of ether oxygens (including phenoxy) is 2. The van der Waals surface area contributed by atoms with Crippen molar-refractivity contribution in [3.63, 3.8) is 0 Å². The molecular formula is C18H17F3N2O4. The molecule has 0 aliphatic carbocycles. The summed E-state index contributed by atoms with van der Waals surface area (Å²) in [7, 11) is 0. The van der Waals surface area contributed by atoms with E-state index < -0.39 is 17.3 Å². The average molecular weight is 382 g/mol. The zero-order chi connectivity index (χ0) is 19.5. The van der Waals surface area contributed by atoms with E-state index >= 15 is 0 Å². The van der Waals surface area contributed by atoms with Gasteiger partial charge in [-0.25, -0.2) is 4.98 Å². The number of aliphatic hydroxyl groups is 1. The van der Waals surface area contributed by atoms with E-state index in [4.69, 9.17) is 9.47 Å². The van der Waals surface area contributed by atoms with E-state index in [1.807, 2.05) is 0 Å². The van der Waals surface area contributed by atoms with E-state index in [1.165, 1.54) is 24.3 Å². The van der Waals surface area contributed by atoms with Gasteiger partial charge in [-0.3, -0.25) is 4.79 Å². The van der Waals surface area contributed by atoms with E-state index in [-0.39, 0.29) is 25.0 Å². The quantitative estimate of drug-likeness (QED) is 0.831. The van der Waals surface area contributed by atoms with Gasteiger partial charge in [0.05, 0.1) is 24.3 Å². The molecule has 9 heteroatoms. The highest BCUT2D eigenvalue weighted by atomic mass is 19.4. The van der Waals surface area contributed by atoms with Gasteiger partial charge in [-0.15, -0.1) is 0 Å². The Morgan fingerprint density at radius 1 is 1.26 bits per heavy atom. The van der Waals surface area contributed by atoms with Crippen molar-refractivity contribution in [1.29, 1.82) is 0 Å². The normalized spacial score (nSPS) is 19.7. The van der Waals surface area contributed by atoms with Crippen molar-refractivity contribution in [3.8, 4) is 11.6 Å². The van der Waals surface area contributed by atoms with Crippen LogP contribution >= 0.6 is 0 Å². The van der Waals surface area contributed by atoms with Gasteiger partial charge >= 0.3 is 6.18 Å². The molecule has 2 N–H and O–H groups in total. The van der Waals surface area contributed by atoms with Crippen molar-refractivity contribution in [3.05, 3.63) is 53.7 Å². The van der Waals surface area contributed by atoms with Crippen LogP contribution in [-0.2, 0) is 10.9 Å².